The third-order valence-corrected chi connectivity index (χ3v) is 4.87. The standard InChI is InChI=1S/C21H21N3O7/c1-22(10-11-25)19-18(13-4-6-14(7-5-13)24(28)29)20(26)23(21(19)27)16-9-8-15(30-2)12-17(16)31-3/h4-9,12,25H,10-11H2,1-3H3. The van der Waals surface area contributed by atoms with Crippen molar-refractivity contribution in [3.8, 4) is 11.5 Å². The van der Waals surface area contributed by atoms with Crippen molar-refractivity contribution in [3.63, 3.8) is 0 Å². The topological polar surface area (TPSA) is 122 Å². The van der Waals surface area contributed by atoms with Gasteiger partial charge >= 0.3 is 0 Å². The molecule has 162 valence electrons. The van der Waals surface area contributed by atoms with Gasteiger partial charge in [0.05, 0.1) is 37.0 Å². The Morgan fingerprint density at radius 2 is 1.74 bits per heavy atom. The number of non-ortho nitro benzene ring substituents is 1. The molecule has 1 aliphatic rings. The lowest BCUT2D eigenvalue weighted by atomic mass is 10.0. The summed E-state index contributed by atoms with van der Waals surface area (Å²) in [6.07, 6.45) is 0. The van der Waals surface area contributed by atoms with E-state index in [0.717, 1.165) is 4.90 Å². The Labute approximate surface area is 178 Å². The van der Waals surface area contributed by atoms with Crippen LogP contribution in [0.15, 0.2) is 48.2 Å². The molecule has 0 atom stereocenters. The van der Waals surface area contributed by atoms with Crippen molar-refractivity contribution in [1.82, 2.24) is 4.90 Å². The van der Waals surface area contributed by atoms with Gasteiger partial charge in [0.2, 0.25) is 0 Å². The van der Waals surface area contributed by atoms with Crippen molar-refractivity contribution >= 4 is 28.8 Å². The Morgan fingerprint density at radius 1 is 1.06 bits per heavy atom. The molecule has 2 amide bonds. The minimum absolute atomic E-state index is 0.0748. The van der Waals surface area contributed by atoms with Gasteiger partial charge in [0.15, 0.2) is 0 Å². The number of aliphatic hydroxyl groups is 1. The van der Waals surface area contributed by atoms with Crippen molar-refractivity contribution in [1.29, 1.82) is 0 Å². The van der Waals surface area contributed by atoms with Gasteiger partial charge in [-0.1, -0.05) is 0 Å². The first kappa shape index (κ1) is 21.8. The highest BCUT2D eigenvalue weighted by atomic mass is 16.6. The summed E-state index contributed by atoms with van der Waals surface area (Å²) in [5.41, 5.74) is 0.586. The van der Waals surface area contributed by atoms with E-state index >= 15 is 0 Å². The molecule has 1 N–H and O–H groups in total. The smallest absolute Gasteiger partial charge is 0.282 e. The minimum Gasteiger partial charge on any atom is -0.497 e. The zero-order chi connectivity index (χ0) is 22.7. The largest absolute Gasteiger partial charge is 0.497 e. The zero-order valence-electron chi connectivity index (χ0n) is 17.2. The molecule has 3 rings (SSSR count). The van der Waals surface area contributed by atoms with Crippen LogP contribution in [0.5, 0.6) is 11.5 Å². The number of anilines is 1. The van der Waals surface area contributed by atoms with Crippen LogP contribution in [0.3, 0.4) is 0 Å². The fourth-order valence-electron chi connectivity index (χ4n) is 3.33. The van der Waals surface area contributed by atoms with Gasteiger partial charge in [-0.25, -0.2) is 4.90 Å². The molecule has 0 unspecified atom stereocenters. The van der Waals surface area contributed by atoms with Gasteiger partial charge < -0.3 is 19.5 Å². The van der Waals surface area contributed by atoms with E-state index in [-0.39, 0.29) is 41.5 Å². The summed E-state index contributed by atoms with van der Waals surface area (Å²) in [5.74, 6) is -0.462. The summed E-state index contributed by atoms with van der Waals surface area (Å²) in [7, 11) is 4.47. The molecule has 0 spiro atoms. The van der Waals surface area contributed by atoms with Crippen LogP contribution in [-0.2, 0) is 9.59 Å². The summed E-state index contributed by atoms with van der Waals surface area (Å²) in [4.78, 5) is 39.6. The Kier molecular flexibility index (Phi) is 6.21. The molecule has 1 aliphatic heterocycles. The van der Waals surface area contributed by atoms with Gasteiger partial charge in [-0.15, -0.1) is 0 Å². The second kappa shape index (κ2) is 8.84. The van der Waals surface area contributed by atoms with Crippen LogP contribution in [-0.4, -0.2) is 61.2 Å². The maximum absolute atomic E-state index is 13.4. The number of benzene rings is 2. The lowest BCUT2D eigenvalue weighted by Crippen LogP contribution is -2.35. The van der Waals surface area contributed by atoms with Crippen molar-refractivity contribution in [2.24, 2.45) is 0 Å². The van der Waals surface area contributed by atoms with E-state index in [1.54, 1.807) is 19.2 Å². The number of likely N-dealkylation sites (N-methyl/N-ethyl adjacent to an activating group) is 1. The summed E-state index contributed by atoms with van der Waals surface area (Å²) in [6.45, 7) is -0.126. The number of nitrogens with zero attached hydrogens (tertiary/aromatic N) is 3. The molecular formula is C21H21N3O7. The number of imide groups is 1. The first-order valence-electron chi connectivity index (χ1n) is 9.26. The number of nitro groups is 1. The number of rotatable bonds is 8. The molecule has 2 aromatic rings. The second-order valence-corrected chi connectivity index (χ2v) is 6.66. The summed E-state index contributed by atoms with van der Waals surface area (Å²) < 4.78 is 10.5. The van der Waals surface area contributed by atoms with Gasteiger partial charge in [0.25, 0.3) is 17.5 Å². The van der Waals surface area contributed by atoms with Gasteiger partial charge in [0.1, 0.15) is 17.2 Å². The Bertz CT molecular complexity index is 1060. The molecule has 10 nitrogen and oxygen atoms in total. The second-order valence-electron chi connectivity index (χ2n) is 6.66. The van der Waals surface area contributed by atoms with Crippen molar-refractivity contribution < 1.29 is 29.1 Å². The number of methoxy groups -OCH3 is 2. The molecule has 2 aromatic carbocycles. The fourth-order valence-corrected chi connectivity index (χ4v) is 3.33. The van der Waals surface area contributed by atoms with E-state index in [9.17, 15) is 24.8 Å². The van der Waals surface area contributed by atoms with Crippen LogP contribution in [0, 0.1) is 10.1 Å². The van der Waals surface area contributed by atoms with E-state index in [1.165, 1.54) is 49.5 Å². The number of hydrogen-bond donors (Lipinski definition) is 1. The highest BCUT2D eigenvalue weighted by molar-refractivity contribution is 6.45. The maximum Gasteiger partial charge on any atom is 0.282 e. The lowest BCUT2D eigenvalue weighted by molar-refractivity contribution is -0.384. The Hall–Kier alpha value is -3.92. The van der Waals surface area contributed by atoms with Crippen molar-refractivity contribution in [2.45, 2.75) is 0 Å². The average Bonchev–Trinajstić information content (AvgIpc) is 3.03. The normalized spacial score (nSPS) is 13.6. The van der Waals surface area contributed by atoms with E-state index in [4.69, 9.17) is 9.47 Å². The molecular weight excluding hydrogens is 406 g/mol. The van der Waals surface area contributed by atoms with Gasteiger partial charge in [-0.2, -0.15) is 0 Å². The quantitative estimate of drug-likeness (QED) is 0.385. The predicted octanol–water partition coefficient (Wildman–Crippen LogP) is 1.82. The molecule has 1 heterocycles. The van der Waals surface area contributed by atoms with Gasteiger partial charge in [-0.3, -0.25) is 19.7 Å². The Morgan fingerprint density at radius 3 is 2.29 bits per heavy atom. The van der Waals surface area contributed by atoms with Gasteiger partial charge in [-0.05, 0) is 29.8 Å². The van der Waals surface area contributed by atoms with Crippen LogP contribution in [0.2, 0.25) is 0 Å². The lowest BCUT2D eigenvalue weighted by Gasteiger charge is -2.21. The predicted molar refractivity (Wildman–Crippen MR) is 112 cm³/mol. The first-order valence-corrected chi connectivity index (χ1v) is 9.26. The highest BCUT2D eigenvalue weighted by Crippen LogP contribution is 2.40. The summed E-state index contributed by atoms with van der Waals surface area (Å²) >= 11 is 0. The van der Waals surface area contributed by atoms with Crippen LogP contribution in [0.25, 0.3) is 5.57 Å². The molecule has 0 saturated carbocycles. The molecule has 31 heavy (non-hydrogen) atoms. The van der Waals surface area contributed by atoms with Crippen LogP contribution in [0.1, 0.15) is 5.56 Å². The molecule has 10 heteroatoms. The maximum atomic E-state index is 13.4. The zero-order valence-corrected chi connectivity index (χ0v) is 17.2. The SMILES string of the molecule is COc1ccc(N2C(=O)C(c3ccc([N+](=O)[O-])cc3)=C(N(C)CCO)C2=O)c(OC)c1. The van der Waals surface area contributed by atoms with Crippen LogP contribution >= 0.6 is 0 Å². The highest BCUT2D eigenvalue weighted by Gasteiger charge is 2.42. The van der Waals surface area contributed by atoms with E-state index in [0.29, 0.717) is 11.3 Å². The number of ether oxygens (including phenoxy) is 2. The third-order valence-electron chi connectivity index (χ3n) is 4.87. The monoisotopic (exact) mass is 427 g/mol. The molecule has 0 fully saturated rings. The van der Waals surface area contributed by atoms with Crippen LogP contribution < -0.4 is 14.4 Å². The molecule has 0 saturated heterocycles. The van der Waals surface area contributed by atoms with Gasteiger partial charge in [0, 0.05) is 31.8 Å². The number of nitro benzene ring substituents is 1. The molecule has 0 aromatic heterocycles. The number of carbonyl (C=O) groups excluding carboxylic acids is 2. The molecule has 0 radical (unpaired) electrons. The number of aliphatic hydroxyl groups excluding tert-OH is 1. The van der Waals surface area contributed by atoms with Crippen molar-refractivity contribution in [2.75, 3.05) is 39.3 Å². The number of carbonyl (C=O) groups is 2. The third kappa shape index (κ3) is 3.92. The van der Waals surface area contributed by atoms with E-state index in [2.05, 4.69) is 0 Å². The summed E-state index contributed by atoms with van der Waals surface area (Å²) in [5, 5.41) is 20.3. The first-order chi connectivity index (χ1) is 14.8. The number of amides is 2. The summed E-state index contributed by atoms with van der Waals surface area (Å²) in [6, 6.07) is 10.0. The molecule has 0 aliphatic carbocycles. The average molecular weight is 427 g/mol. The molecule has 0 bridgehead atoms. The minimum atomic E-state index is -0.609. The number of hydrogen-bond acceptors (Lipinski definition) is 8. The van der Waals surface area contributed by atoms with Crippen molar-refractivity contribution in [3.05, 3.63) is 63.8 Å². The van der Waals surface area contributed by atoms with E-state index in [1.807, 2.05) is 0 Å². The fraction of sp³-hybridized carbons (Fsp3) is 0.238. The van der Waals surface area contributed by atoms with Crippen LogP contribution in [0.4, 0.5) is 11.4 Å². The van der Waals surface area contributed by atoms with E-state index < -0.39 is 16.7 Å². The Balaban J connectivity index is 2.14.